The molecule has 35 heavy (non-hydrogen) atoms. The number of anilines is 1. The van der Waals surface area contributed by atoms with E-state index in [2.05, 4.69) is 0 Å². The van der Waals surface area contributed by atoms with Crippen LogP contribution in [0.2, 0.25) is 5.02 Å². The van der Waals surface area contributed by atoms with E-state index in [0.717, 1.165) is 5.69 Å². The van der Waals surface area contributed by atoms with E-state index in [1.165, 1.54) is 31.3 Å². The molecule has 8 nitrogen and oxygen atoms in total. The van der Waals surface area contributed by atoms with E-state index >= 15 is 0 Å². The molecule has 1 fully saturated rings. The van der Waals surface area contributed by atoms with Crippen LogP contribution in [0.25, 0.3) is 5.76 Å². The molecule has 1 aliphatic rings. The molecular weight excluding hydrogens is 472 g/mol. The first-order valence-corrected chi connectivity index (χ1v) is 11.6. The number of ketones is 1. The second kappa shape index (κ2) is 11.0. The maximum Gasteiger partial charge on any atom is 0.295 e. The molecule has 2 aromatic carbocycles. The molecular formula is C26H31ClN2O6. The summed E-state index contributed by atoms with van der Waals surface area (Å²) in [5.74, 6) is -1.33. The molecule has 0 radical (unpaired) electrons. The summed E-state index contributed by atoms with van der Waals surface area (Å²) in [4.78, 5) is 29.7. The summed E-state index contributed by atoms with van der Waals surface area (Å²) >= 11 is 6.22. The van der Waals surface area contributed by atoms with Gasteiger partial charge in [-0.3, -0.25) is 9.59 Å². The number of benzene rings is 2. The number of nitrogens with zero attached hydrogens (tertiary/aromatic N) is 2. The number of carbonyl (C=O) groups excluding carboxylic acids is 2. The fourth-order valence-corrected chi connectivity index (χ4v) is 4.22. The van der Waals surface area contributed by atoms with Gasteiger partial charge in [0.05, 0.1) is 49.1 Å². The number of Topliss-reactive ketones (excluding diaryl/α,β-unsaturated/α-hetero) is 1. The van der Waals surface area contributed by atoms with Gasteiger partial charge in [0.1, 0.15) is 17.3 Å². The molecule has 1 amide bonds. The lowest BCUT2D eigenvalue weighted by atomic mass is 9.94. The Labute approximate surface area is 210 Å². The highest BCUT2D eigenvalue weighted by atomic mass is 35.5. The van der Waals surface area contributed by atoms with Crippen molar-refractivity contribution in [2.75, 3.05) is 46.4 Å². The minimum Gasteiger partial charge on any atom is -0.507 e. The van der Waals surface area contributed by atoms with Crippen LogP contribution >= 0.6 is 11.6 Å². The normalized spacial score (nSPS) is 17.3. The van der Waals surface area contributed by atoms with Crippen molar-refractivity contribution in [3.8, 4) is 11.5 Å². The third kappa shape index (κ3) is 5.39. The van der Waals surface area contributed by atoms with Gasteiger partial charge in [0.25, 0.3) is 11.7 Å². The Morgan fingerprint density at radius 1 is 1.09 bits per heavy atom. The average Bonchev–Trinajstić information content (AvgIpc) is 3.08. The fourth-order valence-electron chi connectivity index (χ4n) is 3.99. The molecule has 0 spiro atoms. The Morgan fingerprint density at radius 2 is 1.71 bits per heavy atom. The number of hydrogen-bond acceptors (Lipinski definition) is 7. The quantitative estimate of drug-likeness (QED) is 0.311. The van der Waals surface area contributed by atoms with Crippen LogP contribution in [0.15, 0.2) is 42.0 Å². The van der Waals surface area contributed by atoms with Crippen molar-refractivity contribution in [3.63, 3.8) is 0 Å². The molecule has 1 unspecified atom stereocenters. The number of halogens is 1. The van der Waals surface area contributed by atoms with Gasteiger partial charge in [-0.1, -0.05) is 23.7 Å². The second-order valence-corrected chi connectivity index (χ2v) is 8.99. The Bertz CT molecular complexity index is 1130. The number of likely N-dealkylation sites (tertiary alicyclic amines) is 1. The Hall–Kier alpha value is -3.23. The van der Waals surface area contributed by atoms with Gasteiger partial charge < -0.3 is 29.1 Å². The monoisotopic (exact) mass is 502 g/mol. The minimum absolute atomic E-state index is 0.0320. The Kier molecular flexibility index (Phi) is 8.30. The largest absolute Gasteiger partial charge is 0.507 e. The van der Waals surface area contributed by atoms with E-state index in [0.29, 0.717) is 11.3 Å². The van der Waals surface area contributed by atoms with Gasteiger partial charge in [-0.15, -0.1) is 0 Å². The van der Waals surface area contributed by atoms with Gasteiger partial charge in [0.2, 0.25) is 0 Å². The van der Waals surface area contributed by atoms with Crippen molar-refractivity contribution in [2.45, 2.75) is 26.0 Å². The number of methoxy groups -OCH3 is 2. The Morgan fingerprint density at radius 3 is 2.26 bits per heavy atom. The summed E-state index contributed by atoms with van der Waals surface area (Å²) in [5.41, 5.74) is 1.79. The van der Waals surface area contributed by atoms with Gasteiger partial charge in [-0.05, 0) is 37.6 Å². The van der Waals surface area contributed by atoms with E-state index in [9.17, 15) is 14.7 Å². The molecule has 0 aromatic heterocycles. The molecule has 1 heterocycles. The van der Waals surface area contributed by atoms with Crippen LogP contribution in [0.3, 0.4) is 0 Å². The summed E-state index contributed by atoms with van der Waals surface area (Å²) in [7, 11) is 6.71. The highest BCUT2D eigenvalue weighted by molar-refractivity contribution is 6.46. The summed E-state index contributed by atoms with van der Waals surface area (Å²) in [5, 5.41) is 11.7. The third-order valence-electron chi connectivity index (χ3n) is 5.78. The minimum atomic E-state index is -0.812. The number of hydrogen-bond donors (Lipinski definition) is 1. The van der Waals surface area contributed by atoms with Crippen LogP contribution < -0.4 is 14.4 Å². The van der Waals surface area contributed by atoms with E-state index in [1.807, 2.05) is 57.1 Å². The second-order valence-electron chi connectivity index (χ2n) is 8.59. The summed E-state index contributed by atoms with van der Waals surface area (Å²) < 4.78 is 16.3. The summed E-state index contributed by atoms with van der Waals surface area (Å²) in [6.07, 6.45) is -0.0320. The van der Waals surface area contributed by atoms with Crippen LogP contribution in [0.5, 0.6) is 11.5 Å². The van der Waals surface area contributed by atoms with Crippen LogP contribution in [0.1, 0.15) is 31.0 Å². The standard InChI is InChI=1S/C26H31ClN2O6/c1-15(2)35-12-11-29-23(16-7-9-17(10-8-16)28(3)4)22(25(31)26(29)32)24(30)18-13-21(34-6)19(27)14-20(18)33-5/h7-10,13-15,23,30H,11-12H2,1-6H3/b24-22+. The predicted molar refractivity (Wildman–Crippen MR) is 135 cm³/mol. The number of amides is 1. The molecule has 1 aliphatic heterocycles. The third-order valence-corrected chi connectivity index (χ3v) is 6.07. The van der Waals surface area contributed by atoms with Crippen LogP contribution in [-0.2, 0) is 14.3 Å². The van der Waals surface area contributed by atoms with Crippen molar-refractivity contribution < 1.29 is 28.9 Å². The van der Waals surface area contributed by atoms with Crippen molar-refractivity contribution >= 4 is 34.7 Å². The zero-order chi connectivity index (χ0) is 25.9. The van der Waals surface area contributed by atoms with Gasteiger partial charge in [-0.2, -0.15) is 0 Å². The Balaban J connectivity index is 2.19. The van der Waals surface area contributed by atoms with Crippen LogP contribution in [0, 0.1) is 0 Å². The molecule has 1 atom stereocenters. The van der Waals surface area contributed by atoms with E-state index in [1.54, 1.807) is 0 Å². The van der Waals surface area contributed by atoms with E-state index in [-0.39, 0.29) is 46.9 Å². The van der Waals surface area contributed by atoms with E-state index < -0.39 is 17.7 Å². The molecule has 188 valence electrons. The topological polar surface area (TPSA) is 88.5 Å². The van der Waals surface area contributed by atoms with Gasteiger partial charge in [0, 0.05) is 32.4 Å². The van der Waals surface area contributed by atoms with Gasteiger partial charge in [-0.25, -0.2) is 0 Å². The van der Waals surface area contributed by atoms with Crippen LogP contribution in [0.4, 0.5) is 5.69 Å². The maximum absolute atomic E-state index is 13.3. The lowest BCUT2D eigenvalue weighted by Gasteiger charge is -2.26. The molecule has 2 aromatic rings. The lowest BCUT2D eigenvalue weighted by Crippen LogP contribution is -2.33. The average molecular weight is 503 g/mol. The highest BCUT2D eigenvalue weighted by Gasteiger charge is 2.46. The predicted octanol–water partition coefficient (Wildman–Crippen LogP) is 4.27. The molecule has 9 heteroatoms. The number of aliphatic hydroxyl groups is 1. The number of rotatable bonds is 9. The molecule has 0 bridgehead atoms. The van der Waals surface area contributed by atoms with Crippen molar-refractivity contribution in [1.29, 1.82) is 0 Å². The molecule has 3 rings (SSSR count). The number of aliphatic hydroxyl groups excluding tert-OH is 1. The lowest BCUT2D eigenvalue weighted by molar-refractivity contribution is -0.140. The first-order valence-electron chi connectivity index (χ1n) is 11.2. The fraction of sp³-hybridized carbons (Fsp3) is 0.385. The van der Waals surface area contributed by atoms with E-state index in [4.69, 9.17) is 25.8 Å². The summed E-state index contributed by atoms with van der Waals surface area (Å²) in [6.45, 7) is 4.22. The SMILES string of the molecule is COc1cc(/C(O)=C2\C(=O)C(=O)N(CCOC(C)C)C2c2ccc(N(C)C)cc2)c(OC)cc1Cl. The smallest absolute Gasteiger partial charge is 0.295 e. The number of ether oxygens (including phenoxy) is 3. The molecule has 0 aliphatic carbocycles. The van der Waals surface area contributed by atoms with Crippen LogP contribution in [-0.4, -0.2) is 69.3 Å². The first-order chi connectivity index (χ1) is 16.6. The first kappa shape index (κ1) is 26.4. The van der Waals surface area contributed by atoms with Crippen molar-refractivity contribution in [2.24, 2.45) is 0 Å². The molecule has 1 saturated heterocycles. The van der Waals surface area contributed by atoms with Gasteiger partial charge >= 0.3 is 0 Å². The molecule has 0 saturated carbocycles. The zero-order valence-electron chi connectivity index (χ0n) is 20.8. The maximum atomic E-state index is 13.3. The zero-order valence-corrected chi connectivity index (χ0v) is 21.5. The highest BCUT2D eigenvalue weighted by Crippen LogP contribution is 2.43. The van der Waals surface area contributed by atoms with Crippen molar-refractivity contribution in [1.82, 2.24) is 4.90 Å². The molecule has 1 N–H and O–H groups in total. The van der Waals surface area contributed by atoms with Gasteiger partial charge in [0.15, 0.2) is 0 Å². The van der Waals surface area contributed by atoms with Crippen molar-refractivity contribution in [3.05, 3.63) is 58.1 Å². The number of carbonyl (C=O) groups is 2. The summed E-state index contributed by atoms with van der Waals surface area (Å²) in [6, 6.07) is 9.64.